The second-order valence-corrected chi connectivity index (χ2v) is 7.72. The quantitative estimate of drug-likeness (QED) is 0.729. The van der Waals surface area contributed by atoms with Gasteiger partial charge < -0.3 is 14.1 Å². The average molecular weight is 363 g/mol. The van der Waals surface area contributed by atoms with E-state index >= 15 is 0 Å². The fraction of sp³-hybridized carbons (Fsp3) is 0.364. The average Bonchev–Trinajstić information content (AvgIpc) is 3.38. The highest BCUT2D eigenvalue weighted by Gasteiger charge is 2.32. The van der Waals surface area contributed by atoms with Crippen molar-refractivity contribution in [3.05, 3.63) is 65.9 Å². The molecule has 0 bridgehead atoms. The molecule has 3 atom stereocenters. The molecule has 5 rings (SSSR count). The summed E-state index contributed by atoms with van der Waals surface area (Å²) in [5.41, 5.74) is 8.98. The van der Waals surface area contributed by atoms with E-state index in [1.54, 1.807) is 0 Å². The molecule has 27 heavy (non-hydrogen) atoms. The molecule has 5 nitrogen and oxygen atoms in total. The number of fused-ring (bicyclic) bond motifs is 2. The van der Waals surface area contributed by atoms with E-state index in [9.17, 15) is 0 Å². The molecular formula is C22H25N3O2. The minimum atomic E-state index is 0.182. The number of rotatable bonds is 5. The third-order valence-corrected chi connectivity index (χ3v) is 5.62. The van der Waals surface area contributed by atoms with Crippen molar-refractivity contribution in [2.75, 3.05) is 26.7 Å². The Hall–Kier alpha value is -2.34. The standard InChI is InChI=1S/C22H25N3O2/c1-25(14-18-10-15-6-2-4-8-19(15)26-18)13-17-12-23-24-22(17)21-11-16-7-3-5-9-20(16)27-21/h2-9,11,17-18,22-24H,10,12-14H2,1H3. The number of likely N-dealkylation sites (N-methyl/N-ethyl adjacent to an activating group) is 1. The fourth-order valence-electron chi connectivity index (χ4n) is 4.34. The van der Waals surface area contributed by atoms with Crippen molar-refractivity contribution in [1.29, 1.82) is 0 Å². The van der Waals surface area contributed by atoms with Crippen LogP contribution >= 0.6 is 0 Å². The molecule has 3 unspecified atom stereocenters. The summed E-state index contributed by atoms with van der Waals surface area (Å²) in [6, 6.07) is 18.9. The minimum absolute atomic E-state index is 0.182. The zero-order valence-electron chi connectivity index (χ0n) is 15.5. The smallest absolute Gasteiger partial charge is 0.134 e. The lowest BCUT2D eigenvalue weighted by molar-refractivity contribution is 0.153. The summed E-state index contributed by atoms with van der Waals surface area (Å²) in [7, 11) is 2.18. The number of hydrogen-bond donors (Lipinski definition) is 2. The maximum atomic E-state index is 6.10. The molecule has 3 aromatic rings. The highest BCUT2D eigenvalue weighted by molar-refractivity contribution is 5.77. The summed E-state index contributed by atoms with van der Waals surface area (Å²) in [6.45, 7) is 2.84. The van der Waals surface area contributed by atoms with Crippen molar-refractivity contribution in [3.8, 4) is 5.75 Å². The Morgan fingerprint density at radius 1 is 1.07 bits per heavy atom. The van der Waals surface area contributed by atoms with Gasteiger partial charge in [-0.15, -0.1) is 0 Å². The minimum Gasteiger partial charge on any atom is -0.488 e. The van der Waals surface area contributed by atoms with Crippen molar-refractivity contribution in [1.82, 2.24) is 15.8 Å². The Kier molecular flexibility index (Phi) is 4.36. The molecule has 1 aromatic heterocycles. The molecule has 2 N–H and O–H groups in total. The van der Waals surface area contributed by atoms with Gasteiger partial charge in [0.2, 0.25) is 0 Å². The first-order chi connectivity index (χ1) is 13.3. The van der Waals surface area contributed by atoms with E-state index in [1.807, 2.05) is 24.3 Å². The predicted octanol–water partition coefficient (Wildman–Crippen LogP) is 3.13. The molecule has 1 saturated heterocycles. The van der Waals surface area contributed by atoms with Crippen LogP contribution in [0.2, 0.25) is 0 Å². The zero-order valence-corrected chi connectivity index (χ0v) is 15.5. The first kappa shape index (κ1) is 16.8. The molecule has 5 heteroatoms. The molecule has 140 valence electrons. The monoisotopic (exact) mass is 363 g/mol. The largest absolute Gasteiger partial charge is 0.488 e. The van der Waals surface area contributed by atoms with Gasteiger partial charge in [0.1, 0.15) is 23.2 Å². The van der Waals surface area contributed by atoms with Crippen LogP contribution in [0.3, 0.4) is 0 Å². The highest BCUT2D eigenvalue weighted by atomic mass is 16.5. The van der Waals surface area contributed by atoms with Crippen molar-refractivity contribution in [2.24, 2.45) is 5.92 Å². The summed E-state index contributed by atoms with van der Waals surface area (Å²) in [6.07, 6.45) is 1.23. The molecule has 0 spiro atoms. The van der Waals surface area contributed by atoms with Crippen molar-refractivity contribution < 1.29 is 9.15 Å². The number of benzene rings is 2. The first-order valence-electron chi connectivity index (χ1n) is 9.66. The van der Waals surface area contributed by atoms with Gasteiger partial charge in [-0.05, 0) is 30.8 Å². The van der Waals surface area contributed by atoms with Gasteiger partial charge in [-0.2, -0.15) is 0 Å². The molecule has 0 saturated carbocycles. The number of hydrazine groups is 1. The van der Waals surface area contributed by atoms with Gasteiger partial charge in [-0.25, -0.2) is 5.43 Å². The maximum Gasteiger partial charge on any atom is 0.134 e. The van der Waals surface area contributed by atoms with E-state index in [0.29, 0.717) is 5.92 Å². The molecule has 0 amide bonds. The number of nitrogens with one attached hydrogen (secondary N) is 2. The number of hydrogen-bond acceptors (Lipinski definition) is 5. The van der Waals surface area contributed by atoms with Gasteiger partial charge in [0.05, 0.1) is 6.04 Å². The molecule has 1 fully saturated rings. The van der Waals surface area contributed by atoms with Gasteiger partial charge in [-0.1, -0.05) is 36.4 Å². The Bertz CT molecular complexity index is 880. The number of para-hydroxylation sites is 2. The third-order valence-electron chi connectivity index (χ3n) is 5.62. The lowest BCUT2D eigenvalue weighted by Crippen LogP contribution is -2.37. The Morgan fingerprint density at radius 3 is 2.81 bits per heavy atom. The summed E-state index contributed by atoms with van der Waals surface area (Å²) in [5, 5.41) is 1.16. The topological polar surface area (TPSA) is 49.7 Å². The van der Waals surface area contributed by atoms with Crippen LogP contribution in [0.1, 0.15) is 17.4 Å². The van der Waals surface area contributed by atoms with E-state index < -0.39 is 0 Å². The third kappa shape index (κ3) is 3.34. The van der Waals surface area contributed by atoms with Crippen LogP contribution in [0.25, 0.3) is 11.0 Å². The SMILES string of the molecule is CN(CC1Cc2ccccc2O1)CC1CNNC1c1cc2ccccc2o1. The highest BCUT2D eigenvalue weighted by Crippen LogP contribution is 2.31. The van der Waals surface area contributed by atoms with Crippen LogP contribution in [0.4, 0.5) is 0 Å². The normalized spacial score (nSPS) is 24.4. The number of ether oxygens (including phenoxy) is 1. The van der Waals surface area contributed by atoms with Crippen molar-refractivity contribution >= 4 is 11.0 Å². The fourth-order valence-corrected chi connectivity index (χ4v) is 4.34. The molecule has 2 aliphatic heterocycles. The van der Waals surface area contributed by atoms with E-state index in [2.05, 4.69) is 53.1 Å². The Labute approximate surface area is 159 Å². The van der Waals surface area contributed by atoms with Crippen LogP contribution in [-0.4, -0.2) is 37.7 Å². The van der Waals surface area contributed by atoms with Gasteiger partial charge in [0.25, 0.3) is 0 Å². The lowest BCUT2D eigenvalue weighted by Gasteiger charge is -2.25. The van der Waals surface area contributed by atoms with E-state index in [0.717, 1.165) is 48.5 Å². The Balaban J connectivity index is 1.23. The van der Waals surface area contributed by atoms with Gasteiger partial charge in [0.15, 0.2) is 0 Å². The molecule has 0 aliphatic carbocycles. The maximum absolute atomic E-state index is 6.10. The van der Waals surface area contributed by atoms with E-state index in [4.69, 9.17) is 9.15 Å². The molecule has 2 aliphatic rings. The lowest BCUT2D eigenvalue weighted by atomic mass is 9.99. The van der Waals surface area contributed by atoms with Crippen LogP contribution in [-0.2, 0) is 6.42 Å². The van der Waals surface area contributed by atoms with Crippen molar-refractivity contribution in [3.63, 3.8) is 0 Å². The van der Waals surface area contributed by atoms with Gasteiger partial charge in [-0.3, -0.25) is 5.43 Å². The van der Waals surface area contributed by atoms with Crippen LogP contribution in [0, 0.1) is 5.92 Å². The Morgan fingerprint density at radius 2 is 1.93 bits per heavy atom. The second kappa shape index (κ2) is 7.00. The summed E-state index contributed by atoms with van der Waals surface area (Å²) in [5.74, 6) is 2.49. The van der Waals surface area contributed by atoms with Crippen LogP contribution in [0.15, 0.2) is 59.0 Å². The van der Waals surface area contributed by atoms with Crippen LogP contribution in [0.5, 0.6) is 5.75 Å². The predicted molar refractivity (Wildman–Crippen MR) is 106 cm³/mol. The van der Waals surface area contributed by atoms with E-state index in [-0.39, 0.29) is 12.1 Å². The van der Waals surface area contributed by atoms with Crippen molar-refractivity contribution in [2.45, 2.75) is 18.6 Å². The van der Waals surface area contributed by atoms with Gasteiger partial charge >= 0.3 is 0 Å². The summed E-state index contributed by atoms with van der Waals surface area (Å²) in [4.78, 5) is 2.38. The second-order valence-electron chi connectivity index (χ2n) is 7.72. The summed E-state index contributed by atoms with van der Waals surface area (Å²) < 4.78 is 12.2. The molecule has 2 aromatic carbocycles. The van der Waals surface area contributed by atoms with E-state index in [1.165, 1.54) is 5.56 Å². The number of furan rings is 1. The number of nitrogens with zero attached hydrogens (tertiary/aromatic N) is 1. The first-order valence-corrected chi connectivity index (χ1v) is 9.66. The molecular weight excluding hydrogens is 338 g/mol. The van der Waals surface area contributed by atoms with Crippen LogP contribution < -0.4 is 15.6 Å². The molecule has 3 heterocycles. The summed E-state index contributed by atoms with van der Waals surface area (Å²) >= 11 is 0. The molecule has 0 radical (unpaired) electrons. The zero-order chi connectivity index (χ0) is 18.2. The van der Waals surface area contributed by atoms with Gasteiger partial charge in [0, 0.05) is 37.4 Å².